The Morgan fingerprint density at radius 3 is 2.06 bits per heavy atom. The number of amides is 2. The van der Waals surface area contributed by atoms with Gasteiger partial charge in [0.25, 0.3) is 0 Å². The molecule has 0 spiro atoms. The van der Waals surface area contributed by atoms with Crippen LogP contribution in [0.25, 0.3) is 0 Å². The molecule has 0 atom stereocenters. The molecule has 0 aromatic carbocycles. The summed E-state index contributed by atoms with van der Waals surface area (Å²) in [5.74, 6) is 0.00644. The van der Waals surface area contributed by atoms with E-state index >= 15 is 0 Å². The molecule has 16 heavy (non-hydrogen) atoms. The minimum atomic E-state index is 0.00322. The van der Waals surface area contributed by atoms with E-state index in [1.165, 1.54) is 4.90 Å². The molecule has 1 saturated heterocycles. The first-order valence-electron chi connectivity index (χ1n) is 5.97. The van der Waals surface area contributed by atoms with Gasteiger partial charge in [0, 0.05) is 24.7 Å². The number of hydrogen-bond acceptors (Lipinski definition) is 2. The Hall–Kier alpha value is -0.380. The van der Waals surface area contributed by atoms with Gasteiger partial charge in [-0.25, -0.2) is 0 Å². The maximum Gasteiger partial charge on any atom is 0.229 e. The highest BCUT2D eigenvalue weighted by molar-refractivity contribution is 9.09. The van der Waals surface area contributed by atoms with Crippen molar-refractivity contribution >= 4 is 27.7 Å². The lowest BCUT2D eigenvalue weighted by Crippen LogP contribution is -2.47. The van der Waals surface area contributed by atoms with Crippen LogP contribution >= 0.6 is 15.9 Å². The quantitative estimate of drug-likeness (QED) is 0.576. The molecule has 0 bridgehead atoms. The van der Waals surface area contributed by atoms with E-state index < -0.39 is 0 Å². The van der Waals surface area contributed by atoms with Gasteiger partial charge in [-0.2, -0.15) is 0 Å². The van der Waals surface area contributed by atoms with E-state index in [-0.39, 0.29) is 17.2 Å². The van der Waals surface area contributed by atoms with Crippen molar-refractivity contribution < 1.29 is 9.59 Å². The third kappa shape index (κ3) is 2.84. The number of carbonyl (C=O) groups excluding carboxylic acids is 2. The van der Waals surface area contributed by atoms with Crippen molar-refractivity contribution in [3.8, 4) is 0 Å². The van der Waals surface area contributed by atoms with Crippen LogP contribution in [-0.4, -0.2) is 28.6 Å². The molecule has 0 aliphatic carbocycles. The summed E-state index contributed by atoms with van der Waals surface area (Å²) in [6.45, 7) is 4.80. The van der Waals surface area contributed by atoms with Crippen LogP contribution in [0.15, 0.2) is 0 Å². The van der Waals surface area contributed by atoms with E-state index in [1.807, 2.05) is 0 Å². The largest absolute Gasteiger partial charge is 0.282 e. The topological polar surface area (TPSA) is 37.4 Å². The first-order valence-corrected chi connectivity index (χ1v) is 7.10. The fraction of sp³-hybridized carbons (Fsp3) is 0.833. The highest BCUT2D eigenvalue weighted by Gasteiger charge is 2.34. The van der Waals surface area contributed by atoms with Crippen molar-refractivity contribution in [1.82, 2.24) is 4.90 Å². The molecule has 0 saturated carbocycles. The van der Waals surface area contributed by atoms with Crippen molar-refractivity contribution in [2.75, 3.05) is 11.9 Å². The van der Waals surface area contributed by atoms with E-state index in [0.717, 1.165) is 18.2 Å². The lowest BCUT2D eigenvalue weighted by Gasteiger charge is -2.36. The lowest BCUT2D eigenvalue weighted by atomic mass is 9.83. The van der Waals surface area contributed by atoms with Crippen molar-refractivity contribution in [1.29, 1.82) is 0 Å². The van der Waals surface area contributed by atoms with Crippen LogP contribution in [0.4, 0.5) is 0 Å². The zero-order valence-corrected chi connectivity index (χ0v) is 11.7. The summed E-state index contributed by atoms with van der Waals surface area (Å²) in [5.41, 5.74) is 0.0443. The highest BCUT2D eigenvalue weighted by atomic mass is 79.9. The third-order valence-electron chi connectivity index (χ3n) is 3.66. The molecule has 1 fully saturated rings. The Morgan fingerprint density at radius 1 is 1.19 bits per heavy atom. The van der Waals surface area contributed by atoms with Gasteiger partial charge >= 0.3 is 0 Å². The number of halogens is 1. The molecule has 2 amide bonds. The van der Waals surface area contributed by atoms with Gasteiger partial charge in [-0.05, 0) is 24.7 Å². The first kappa shape index (κ1) is 13.7. The molecule has 0 N–H and O–H groups in total. The van der Waals surface area contributed by atoms with E-state index in [1.54, 1.807) is 0 Å². The SMILES string of the molecule is CCC(CC)(CBr)CN1C(=O)CCCC1=O. The molecular formula is C12H20BrNO2. The van der Waals surface area contributed by atoms with Gasteiger partial charge in [0.1, 0.15) is 0 Å². The summed E-state index contributed by atoms with van der Waals surface area (Å²) in [7, 11) is 0. The maximum atomic E-state index is 11.7. The van der Waals surface area contributed by atoms with E-state index in [2.05, 4.69) is 29.8 Å². The Labute approximate surface area is 106 Å². The number of nitrogens with zero attached hydrogens (tertiary/aromatic N) is 1. The molecule has 1 aliphatic rings. The molecule has 0 aromatic rings. The summed E-state index contributed by atoms with van der Waals surface area (Å²) in [4.78, 5) is 24.9. The van der Waals surface area contributed by atoms with Gasteiger partial charge < -0.3 is 0 Å². The molecule has 1 aliphatic heterocycles. The van der Waals surface area contributed by atoms with E-state index in [0.29, 0.717) is 25.8 Å². The summed E-state index contributed by atoms with van der Waals surface area (Å²) in [6, 6.07) is 0. The van der Waals surface area contributed by atoms with Gasteiger partial charge in [0.05, 0.1) is 0 Å². The maximum absolute atomic E-state index is 11.7. The van der Waals surface area contributed by atoms with Gasteiger partial charge in [0.15, 0.2) is 0 Å². The standard InChI is InChI=1S/C12H20BrNO2/c1-3-12(4-2,8-13)9-14-10(15)6-5-7-11(14)16/h3-9H2,1-2H3. The Kier molecular flexibility index (Phi) is 4.96. The molecule has 1 heterocycles. The number of piperidine rings is 1. The third-order valence-corrected chi connectivity index (χ3v) is 4.85. The number of alkyl halides is 1. The predicted octanol–water partition coefficient (Wildman–Crippen LogP) is 2.73. The van der Waals surface area contributed by atoms with Crippen LogP contribution in [-0.2, 0) is 9.59 Å². The van der Waals surface area contributed by atoms with Crippen LogP contribution < -0.4 is 0 Å². The minimum absolute atomic E-state index is 0.00322. The molecule has 3 nitrogen and oxygen atoms in total. The lowest BCUT2D eigenvalue weighted by molar-refractivity contribution is -0.149. The molecule has 0 aromatic heterocycles. The summed E-state index contributed by atoms with van der Waals surface area (Å²) >= 11 is 3.51. The van der Waals surface area contributed by atoms with Gasteiger partial charge in [0.2, 0.25) is 11.8 Å². The van der Waals surface area contributed by atoms with Crippen molar-refractivity contribution in [2.24, 2.45) is 5.41 Å². The zero-order chi connectivity index (χ0) is 12.2. The van der Waals surface area contributed by atoms with Crippen molar-refractivity contribution in [3.63, 3.8) is 0 Å². The second-order valence-electron chi connectivity index (χ2n) is 4.57. The average Bonchev–Trinajstić information content (AvgIpc) is 2.30. The Balaban J connectivity index is 2.76. The molecule has 92 valence electrons. The van der Waals surface area contributed by atoms with Crippen LogP contribution in [0.2, 0.25) is 0 Å². The molecule has 4 heteroatoms. The van der Waals surface area contributed by atoms with Crippen LogP contribution in [0.3, 0.4) is 0 Å². The van der Waals surface area contributed by atoms with Crippen molar-refractivity contribution in [3.05, 3.63) is 0 Å². The van der Waals surface area contributed by atoms with Gasteiger partial charge in [-0.3, -0.25) is 14.5 Å². The highest BCUT2D eigenvalue weighted by Crippen LogP contribution is 2.31. The number of imide groups is 1. The van der Waals surface area contributed by atoms with Gasteiger partial charge in [-0.15, -0.1) is 0 Å². The smallest absolute Gasteiger partial charge is 0.229 e. The first-order chi connectivity index (χ1) is 7.58. The molecular weight excluding hydrogens is 270 g/mol. The minimum Gasteiger partial charge on any atom is -0.282 e. The summed E-state index contributed by atoms with van der Waals surface area (Å²) < 4.78 is 0. The summed E-state index contributed by atoms with van der Waals surface area (Å²) in [5, 5.41) is 0.837. The van der Waals surface area contributed by atoms with Crippen molar-refractivity contribution in [2.45, 2.75) is 46.0 Å². The predicted molar refractivity (Wildman–Crippen MR) is 67.4 cm³/mol. The fourth-order valence-corrected chi connectivity index (χ4v) is 2.99. The van der Waals surface area contributed by atoms with Gasteiger partial charge in [-0.1, -0.05) is 29.8 Å². The number of likely N-dealkylation sites (tertiary alicyclic amines) is 1. The Morgan fingerprint density at radius 2 is 1.69 bits per heavy atom. The van der Waals surface area contributed by atoms with Crippen LogP contribution in [0, 0.1) is 5.41 Å². The monoisotopic (exact) mass is 289 g/mol. The zero-order valence-electron chi connectivity index (χ0n) is 10.1. The summed E-state index contributed by atoms with van der Waals surface area (Å²) in [6.07, 6.45) is 3.72. The fourth-order valence-electron chi connectivity index (χ4n) is 2.02. The van der Waals surface area contributed by atoms with E-state index in [9.17, 15) is 9.59 Å². The molecule has 0 radical (unpaired) electrons. The number of carbonyl (C=O) groups is 2. The molecule has 0 unspecified atom stereocenters. The normalized spacial score (nSPS) is 18.1. The van der Waals surface area contributed by atoms with Crippen LogP contribution in [0.5, 0.6) is 0 Å². The van der Waals surface area contributed by atoms with Crippen LogP contribution in [0.1, 0.15) is 46.0 Å². The average molecular weight is 290 g/mol. The second kappa shape index (κ2) is 5.80. The number of rotatable bonds is 5. The van der Waals surface area contributed by atoms with E-state index in [4.69, 9.17) is 0 Å². The Bertz CT molecular complexity index is 250. The second-order valence-corrected chi connectivity index (χ2v) is 5.13. The molecule has 1 rings (SSSR count). The number of hydrogen-bond donors (Lipinski definition) is 0.